The summed E-state index contributed by atoms with van der Waals surface area (Å²) in [5.74, 6) is -0.0667. The molecule has 0 amide bonds. The third-order valence-electron chi connectivity index (χ3n) is 3.89. The standard InChI is InChI=1S/C13H21ClN4O3S/c1-21-9-13(2-4-16-5-3-13)8-18-22(19,20)11-6-10(14)7-17-12(11)15/h6-7,16,18H,2-5,8-9H2,1H3,(H2,15,17). The molecule has 22 heavy (non-hydrogen) atoms. The molecule has 0 saturated carbocycles. The van der Waals surface area contributed by atoms with Crippen LogP contribution >= 0.6 is 11.6 Å². The van der Waals surface area contributed by atoms with E-state index < -0.39 is 10.0 Å². The highest BCUT2D eigenvalue weighted by atomic mass is 35.5. The number of sulfonamides is 1. The van der Waals surface area contributed by atoms with Gasteiger partial charge < -0.3 is 15.8 Å². The van der Waals surface area contributed by atoms with Crippen molar-refractivity contribution in [3.8, 4) is 0 Å². The van der Waals surface area contributed by atoms with Crippen LogP contribution in [0.2, 0.25) is 5.02 Å². The number of aromatic nitrogens is 1. The van der Waals surface area contributed by atoms with E-state index in [4.69, 9.17) is 22.1 Å². The number of hydrogen-bond acceptors (Lipinski definition) is 6. The normalized spacial score (nSPS) is 18.3. The number of pyridine rings is 1. The van der Waals surface area contributed by atoms with Crippen LogP contribution < -0.4 is 15.8 Å². The van der Waals surface area contributed by atoms with Gasteiger partial charge in [-0.1, -0.05) is 11.6 Å². The lowest BCUT2D eigenvalue weighted by Crippen LogP contribution is -2.47. The van der Waals surface area contributed by atoms with Crippen molar-refractivity contribution < 1.29 is 13.2 Å². The molecule has 4 N–H and O–H groups in total. The fraction of sp³-hybridized carbons (Fsp3) is 0.615. The first-order valence-electron chi connectivity index (χ1n) is 6.99. The molecule has 7 nitrogen and oxygen atoms in total. The molecular formula is C13H21ClN4O3S. The molecule has 0 spiro atoms. The third-order valence-corrected chi connectivity index (χ3v) is 5.53. The van der Waals surface area contributed by atoms with Gasteiger partial charge in [-0.3, -0.25) is 0 Å². The number of rotatable bonds is 6. The van der Waals surface area contributed by atoms with E-state index in [1.165, 1.54) is 12.3 Å². The Hall–Kier alpha value is -0.930. The van der Waals surface area contributed by atoms with E-state index in [2.05, 4.69) is 15.0 Å². The monoisotopic (exact) mass is 348 g/mol. The van der Waals surface area contributed by atoms with Crippen LogP contribution in [0.3, 0.4) is 0 Å². The molecule has 1 aliphatic heterocycles. The largest absolute Gasteiger partial charge is 0.384 e. The van der Waals surface area contributed by atoms with Crippen LogP contribution in [0.4, 0.5) is 5.82 Å². The van der Waals surface area contributed by atoms with Crippen LogP contribution in [0.25, 0.3) is 0 Å². The molecule has 2 heterocycles. The Morgan fingerprint density at radius 1 is 1.50 bits per heavy atom. The van der Waals surface area contributed by atoms with E-state index >= 15 is 0 Å². The van der Waals surface area contributed by atoms with Crippen molar-refractivity contribution in [2.24, 2.45) is 5.41 Å². The number of nitrogens with zero attached hydrogens (tertiary/aromatic N) is 1. The van der Waals surface area contributed by atoms with Gasteiger partial charge in [0.2, 0.25) is 10.0 Å². The predicted molar refractivity (Wildman–Crippen MR) is 85.3 cm³/mol. The number of halogens is 1. The maximum Gasteiger partial charge on any atom is 0.244 e. The first-order valence-corrected chi connectivity index (χ1v) is 8.85. The molecule has 0 radical (unpaired) electrons. The van der Waals surface area contributed by atoms with Gasteiger partial charge in [-0.15, -0.1) is 0 Å². The minimum absolute atomic E-state index is 0.0667. The number of nitrogens with one attached hydrogen (secondary N) is 2. The summed E-state index contributed by atoms with van der Waals surface area (Å²) in [6, 6.07) is 1.30. The second-order valence-corrected chi connectivity index (χ2v) is 7.72. The SMILES string of the molecule is COCC1(CNS(=O)(=O)c2cc(Cl)cnc2N)CCNCC1. The Bertz CT molecular complexity index is 612. The Labute approximate surface area is 135 Å². The number of hydrogen-bond donors (Lipinski definition) is 3. The van der Waals surface area contributed by atoms with Crippen molar-refractivity contribution in [3.05, 3.63) is 17.3 Å². The van der Waals surface area contributed by atoms with Gasteiger partial charge >= 0.3 is 0 Å². The quantitative estimate of drug-likeness (QED) is 0.695. The maximum atomic E-state index is 12.4. The van der Waals surface area contributed by atoms with E-state index in [1.54, 1.807) is 7.11 Å². The molecule has 0 aliphatic carbocycles. The predicted octanol–water partition coefficient (Wildman–Crippen LogP) is 0.612. The molecule has 0 aromatic carbocycles. The summed E-state index contributed by atoms with van der Waals surface area (Å²) in [5, 5.41) is 3.49. The van der Waals surface area contributed by atoms with Gasteiger partial charge in [0.05, 0.1) is 11.6 Å². The second-order valence-electron chi connectivity index (χ2n) is 5.54. The Morgan fingerprint density at radius 3 is 2.82 bits per heavy atom. The van der Waals surface area contributed by atoms with Crippen molar-refractivity contribution in [1.82, 2.24) is 15.0 Å². The van der Waals surface area contributed by atoms with E-state index in [0.717, 1.165) is 25.9 Å². The van der Waals surface area contributed by atoms with Gasteiger partial charge in [-0.05, 0) is 32.0 Å². The average Bonchev–Trinajstić information content (AvgIpc) is 2.49. The highest BCUT2D eigenvalue weighted by molar-refractivity contribution is 7.89. The molecule has 9 heteroatoms. The maximum absolute atomic E-state index is 12.4. The molecule has 0 bridgehead atoms. The number of piperidine rings is 1. The minimum Gasteiger partial charge on any atom is -0.384 e. The molecule has 1 aromatic heterocycles. The van der Waals surface area contributed by atoms with Crippen molar-refractivity contribution >= 4 is 27.4 Å². The summed E-state index contributed by atoms with van der Waals surface area (Å²) in [7, 11) is -2.14. The summed E-state index contributed by atoms with van der Waals surface area (Å²) < 4.78 is 32.8. The first-order chi connectivity index (χ1) is 10.4. The van der Waals surface area contributed by atoms with Gasteiger partial charge in [0.15, 0.2) is 0 Å². The summed E-state index contributed by atoms with van der Waals surface area (Å²) in [6.07, 6.45) is 2.99. The molecule has 0 atom stereocenters. The third kappa shape index (κ3) is 4.08. The zero-order valence-corrected chi connectivity index (χ0v) is 14.0. The lowest BCUT2D eigenvalue weighted by molar-refractivity contribution is 0.0577. The molecule has 2 rings (SSSR count). The molecule has 1 aliphatic rings. The van der Waals surface area contributed by atoms with Crippen molar-refractivity contribution in [3.63, 3.8) is 0 Å². The van der Waals surface area contributed by atoms with E-state index in [-0.39, 0.29) is 27.7 Å². The highest BCUT2D eigenvalue weighted by Gasteiger charge is 2.34. The molecule has 1 fully saturated rings. The summed E-state index contributed by atoms with van der Waals surface area (Å²) in [5.41, 5.74) is 5.44. The van der Waals surface area contributed by atoms with Crippen LogP contribution in [0.15, 0.2) is 17.2 Å². The Balaban J connectivity index is 2.15. The van der Waals surface area contributed by atoms with Gasteiger partial charge in [0.25, 0.3) is 0 Å². The fourth-order valence-electron chi connectivity index (χ4n) is 2.61. The number of nitrogens with two attached hydrogens (primary N) is 1. The van der Waals surface area contributed by atoms with Crippen LogP contribution in [0.1, 0.15) is 12.8 Å². The van der Waals surface area contributed by atoms with E-state index in [0.29, 0.717) is 6.61 Å². The minimum atomic E-state index is -3.77. The molecule has 1 aromatic rings. The van der Waals surface area contributed by atoms with Gasteiger partial charge in [0, 0.05) is 25.3 Å². The lowest BCUT2D eigenvalue weighted by atomic mass is 9.80. The second kappa shape index (κ2) is 7.10. The molecule has 1 saturated heterocycles. The van der Waals surface area contributed by atoms with Crippen LogP contribution in [0.5, 0.6) is 0 Å². The van der Waals surface area contributed by atoms with E-state index in [1.807, 2.05) is 0 Å². The smallest absolute Gasteiger partial charge is 0.244 e. The fourth-order valence-corrected chi connectivity index (χ4v) is 4.09. The van der Waals surface area contributed by atoms with Crippen LogP contribution in [0, 0.1) is 5.41 Å². The summed E-state index contributed by atoms with van der Waals surface area (Å²) in [4.78, 5) is 3.69. The first kappa shape index (κ1) is 17.4. The molecular weight excluding hydrogens is 328 g/mol. The average molecular weight is 349 g/mol. The van der Waals surface area contributed by atoms with Crippen LogP contribution in [-0.4, -0.2) is 46.8 Å². The van der Waals surface area contributed by atoms with Gasteiger partial charge in [0.1, 0.15) is 10.7 Å². The lowest BCUT2D eigenvalue weighted by Gasteiger charge is -2.37. The summed E-state index contributed by atoms with van der Waals surface area (Å²) >= 11 is 5.81. The van der Waals surface area contributed by atoms with E-state index in [9.17, 15) is 8.42 Å². The highest BCUT2D eigenvalue weighted by Crippen LogP contribution is 2.29. The topological polar surface area (TPSA) is 106 Å². The van der Waals surface area contributed by atoms with Gasteiger partial charge in [-0.25, -0.2) is 18.1 Å². The summed E-state index contributed by atoms with van der Waals surface area (Å²) in [6.45, 7) is 2.47. The number of nitrogen functional groups attached to an aromatic ring is 1. The Morgan fingerprint density at radius 2 is 2.18 bits per heavy atom. The number of methoxy groups -OCH3 is 1. The Kier molecular flexibility index (Phi) is 5.62. The van der Waals surface area contributed by atoms with Crippen molar-refractivity contribution in [1.29, 1.82) is 0 Å². The van der Waals surface area contributed by atoms with Crippen molar-refractivity contribution in [2.75, 3.05) is 39.1 Å². The zero-order chi connectivity index (χ0) is 16.2. The molecule has 124 valence electrons. The zero-order valence-electron chi connectivity index (χ0n) is 12.4. The number of anilines is 1. The molecule has 0 unspecified atom stereocenters. The van der Waals surface area contributed by atoms with Gasteiger partial charge in [-0.2, -0.15) is 0 Å². The number of ether oxygens (including phenoxy) is 1. The van der Waals surface area contributed by atoms with Crippen LogP contribution in [-0.2, 0) is 14.8 Å². The van der Waals surface area contributed by atoms with Crippen molar-refractivity contribution in [2.45, 2.75) is 17.7 Å².